The van der Waals surface area contributed by atoms with Crippen molar-refractivity contribution in [2.24, 2.45) is 0 Å². The second-order valence-electron chi connectivity index (χ2n) is 5.65. The molecule has 0 aliphatic carbocycles. The number of ether oxygens (including phenoxy) is 1. The summed E-state index contributed by atoms with van der Waals surface area (Å²) >= 11 is 0. The van der Waals surface area contributed by atoms with Gasteiger partial charge in [0.25, 0.3) is 0 Å². The van der Waals surface area contributed by atoms with E-state index >= 15 is 0 Å². The molecule has 3 heteroatoms. The highest BCUT2D eigenvalue weighted by molar-refractivity contribution is 5.64. The first-order chi connectivity index (χ1) is 10.3. The zero-order valence-electron chi connectivity index (χ0n) is 12.6. The zero-order chi connectivity index (χ0) is 14.5. The van der Waals surface area contributed by atoms with Crippen LogP contribution in [0.4, 0.5) is 0 Å². The van der Waals surface area contributed by atoms with Crippen molar-refractivity contribution in [3.63, 3.8) is 0 Å². The monoisotopic (exact) mass is 282 g/mol. The Labute approximate surface area is 126 Å². The van der Waals surface area contributed by atoms with Crippen molar-refractivity contribution >= 4 is 0 Å². The third-order valence-electron chi connectivity index (χ3n) is 4.05. The lowest BCUT2D eigenvalue weighted by Gasteiger charge is -2.26. The summed E-state index contributed by atoms with van der Waals surface area (Å²) in [5.74, 6) is 0.883. The van der Waals surface area contributed by atoms with Gasteiger partial charge in [0.1, 0.15) is 5.75 Å². The third kappa shape index (κ3) is 3.61. The number of pyridine rings is 1. The zero-order valence-corrected chi connectivity index (χ0v) is 12.6. The van der Waals surface area contributed by atoms with E-state index in [-0.39, 0.29) is 0 Å². The maximum Gasteiger partial charge on any atom is 0.119 e. The largest absolute Gasteiger partial charge is 0.497 e. The van der Waals surface area contributed by atoms with Gasteiger partial charge in [-0.15, -0.1) is 0 Å². The fraction of sp³-hybridized carbons (Fsp3) is 0.389. The minimum atomic E-state index is 0.883. The Bertz CT molecular complexity index is 591. The molecule has 1 aromatic carbocycles. The van der Waals surface area contributed by atoms with Crippen LogP contribution in [0, 0.1) is 0 Å². The molecular formula is C18H22N2O. The SMILES string of the molecule is COc1cccc(-c2cncc(CN3CCCCC3)c2)c1. The van der Waals surface area contributed by atoms with E-state index in [1.807, 2.05) is 24.5 Å². The molecule has 3 nitrogen and oxygen atoms in total. The maximum atomic E-state index is 5.30. The Hall–Kier alpha value is -1.87. The van der Waals surface area contributed by atoms with Gasteiger partial charge in [0.2, 0.25) is 0 Å². The van der Waals surface area contributed by atoms with Gasteiger partial charge in [-0.2, -0.15) is 0 Å². The topological polar surface area (TPSA) is 25.4 Å². The van der Waals surface area contributed by atoms with Crippen molar-refractivity contribution in [3.05, 3.63) is 48.3 Å². The maximum absolute atomic E-state index is 5.30. The molecular weight excluding hydrogens is 260 g/mol. The Kier molecular flexibility index (Phi) is 4.51. The first kappa shape index (κ1) is 14.1. The van der Waals surface area contributed by atoms with Crippen LogP contribution in [0.25, 0.3) is 11.1 Å². The van der Waals surface area contributed by atoms with Gasteiger partial charge in [0.15, 0.2) is 0 Å². The molecule has 1 saturated heterocycles. The second kappa shape index (κ2) is 6.72. The minimum absolute atomic E-state index is 0.883. The van der Waals surface area contributed by atoms with E-state index in [1.165, 1.54) is 37.9 Å². The molecule has 110 valence electrons. The second-order valence-corrected chi connectivity index (χ2v) is 5.65. The number of hydrogen-bond acceptors (Lipinski definition) is 3. The Morgan fingerprint density at radius 3 is 2.71 bits per heavy atom. The van der Waals surface area contributed by atoms with Gasteiger partial charge in [0.05, 0.1) is 7.11 Å². The summed E-state index contributed by atoms with van der Waals surface area (Å²) in [4.78, 5) is 6.94. The molecule has 1 fully saturated rings. The van der Waals surface area contributed by atoms with Crippen LogP contribution in [0.3, 0.4) is 0 Å². The van der Waals surface area contributed by atoms with Crippen LogP contribution in [0.5, 0.6) is 5.75 Å². The van der Waals surface area contributed by atoms with Crippen molar-refractivity contribution in [1.29, 1.82) is 0 Å². The lowest BCUT2D eigenvalue weighted by atomic mass is 10.0. The van der Waals surface area contributed by atoms with Crippen molar-refractivity contribution in [2.75, 3.05) is 20.2 Å². The average molecular weight is 282 g/mol. The van der Waals surface area contributed by atoms with E-state index < -0.39 is 0 Å². The molecule has 0 N–H and O–H groups in total. The molecule has 0 spiro atoms. The molecule has 1 aliphatic heterocycles. The van der Waals surface area contributed by atoms with Crippen LogP contribution in [-0.4, -0.2) is 30.1 Å². The molecule has 1 aliphatic rings. The molecule has 21 heavy (non-hydrogen) atoms. The van der Waals surface area contributed by atoms with Gasteiger partial charge in [-0.05, 0) is 55.3 Å². The van der Waals surface area contributed by atoms with Crippen molar-refractivity contribution in [2.45, 2.75) is 25.8 Å². The van der Waals surface area contributed by atoms with E-state index in [4.69, 9.17) is 4.74 Å². The summed E-state index contributed by atoms with van der Waals surface area (Å²) in [7, 11) is 1.70. The number of nitrogens with zero attached hydrogens (tertiary/aromatic N) is 2. The predicted octanol–water partition coefficient (Wildman–Crippen LogP) is 3.74. The van der Waals surface area contributed by atoms with Crippen molar-refractivity contribution in [1.82, 2.24) is 9.88 Å². The van der Waals surface area contributed by atoms with E-state index in [0.717, 1.165) is 23.4 Å². The van der Waals surface area contributed by atoms with Crippen molar-refractivity contribution in [3.8, 4) is 16.9 Å². The van der Waals surface area contributed by atoms with E-state index in [2.05, 4.69) is 28.1 Å². The Balaban J connectivity index is 1.78. The highest BCUT2D eigenvalue weighted by atomic mass is 16.5. The molecule has 0 unspecified atom stereocenters. The number of benzene rings is 1. The van der Waals surface area contributed by atoms with Crippen LogP contribution < -0.4 is 4.74 Å². The number of methoxy groups -OCH3 is 1. The summed E-state index contributed by atoms with van der Waals surface area (Å²) in [6.45, 7) is 3.43. The molecule has 0 bridgehead atoms. The molecule has 3 rings (SSSR count). The van der Waals surface area contributed by atoms with Gasteiger partial charge in [-0.1, -0.05) is 18.6 Å². The smallest absolute Gasteiger partial charge is 0.119 e. The summed E-state index contributed by atoms with van der Waals surface area (Å²) < 4.78 is 5.30. The first-order valence-electron chi connectivity index (χ1n) is 7.66. The van der Waals surface area contributed by atoms with E-state index in [1.54, 1.807) is 7.11 Å². The minimum Gasteiger partial charge on any atom is -0.497 e. The van der Waals surface area contributed by atoms with Crippen LogP contribution in [0.15, 0.2) is 42.7 Å². The van der Waals surface area contributed by atoms with Crippen molar-refractivity contribution < 1.29 is 4.74 Å². The predicted molar refractivity (Wildman–Crippen MR) is 85.4 cm³/mol. The quantitative estimate of drug-likeness (QED) is 0.854. The average Bonchev–Trinajstić information content (AvgIpc) is 2.56. The number of likely N-dealkylation sites (tertiary alicyclic amines) is 1. The van der Waals surface area contributed by atoms with Gasteiger partial charge in [0, 0.05) is 24.5 Å². The van der Waals surface area contributed by atoms with Crippen LogP contribution in [0.1, 0.15) is 24.8 Å². The molecule has 0 saturated carbocycles. The van der Waals surface area contributed by atoms with Crippen LogP contribution in [0.2, 0.25) is 0 Å². The number of aromatic nitrogens is 1. The molecule has 2 heterocycles. The van der Waals surface area contributed by atoms with Gasteiger partial charge < -0.3 is 4.74 Å². The summed E-state index contributed by atoms with van der Waals surface area (Å²) in [6, 6.07) is 10.4. The van der Waals surface area contributed by atoms with Crippen LogP contribution in [-0.2, 0) is 6.54 Å². The number of rotatable bonds is 4. The molecule has 1 aromatic heterocycles. The fourth-order valence-corrected chi connectivity index (χ4v) is 2.91. The highest BCUT2D eigenvalue weighted by Crippen LogP contribution is 2.24. The van der Waals surface area contributed by atoms with Gasteiger partial charge >= 0.3 is 0 Å². The van der Waals surface area contributed by atoms with Gasteiger partial charge in [-0.3, -0.25) is 9.88 Å². The molecule has 0 atom stereocenters. The summed E-state index contributed by atoms with van der Waals surface area (Å²) in [5.41, 5.74) is 3.60. The summed E-state index contributed by atoms with van der Waals surface area (Å²) in [6.07, 6.45) is 7.93. The number of hydrogen-bond donors (Lipinski definition) is 0. The Morgan fingerprint density at radius 1 is 1.05 bits per heavy atom. The Morgan fingerprint density at radius 2 is 1.90 bits per heavy atom. The molecule has 0 amide bonds. The lowest BCUT2D eigenvalue weighted by Crippen LogP contribution is -2.29. The highest BCUT2D eigenvalue weighted by Gasteiger charge is 2.11. The third-order valence-corrected chi connectivity index (χ3v) is 4.05. The van der Waals surface area contributed by atoms with E-state index in [0.29, 0.717) is 0 Å². The standard InChI is InChI=1S/C18H22N2O/c1-21-18-7-5-6-16(11-18)17-10-15(12-19-13-17)14-20-8-3-2-4-9-20/h5-7,10-13H,2-4,8-9,14H2,1H3. The number of piperidine rings is 1. The lowest BCUT2D eigenvalue weighted by molar-refractivity contribution is 0.220. The fourth-order valence-electron chi connectivity index (χ4n) is 2.91. The normalized spacial score (nSPS) is 15.9. The van der Waals surface area contributed by atoms with E-state index in [9.17, 15) is 0 Å². The summed E-state index contributed by atoms with van der Waals surface area (Å²) in [5, 5.41) is 0. The molecule has 2 aromatic rings. The first-order valence-corrected chi connectivity index (χ1v) is 7.66. The van der Waals surface area contributed by atoms with Crippen LogP contribution >= 0.6 is 0 Å². The van der Waals surface area contributed by atoms with Gasteiger partial charge in [-0.25, -0.2) is 0 Å². The molecule has 0 radical (unpaired) electrons.